The number of nitrogen functional groups attached to an aromatic ring is 1. The maximum Gasteiger partial charge on any atom is 0.251 e. The van der Waals surface area contributed by atoms with Crippen LogP contribution in [0.2, 0.25) is 0 Å². The van der Waals surface area contributed by atoms with E-state index >= 15 is 0 Å². The number of fused-ring (bicyclic) bond motifs is 1. The van der Waals surface area contributed by atoms with E-state index in [1.54, 1.807) is 28.8 Å². The second-order valence-corrected chi connectivity index (χ2v) is 6.55. The number of hydrogen-bond acceptors (Lipinski definition) is 9. The van der Waals surface area contributed by atoms with Crippen LogP contribution >= 0.6 is 0 Å². The average molecular weight is 400 g/mol. The van der Waals surface area contributed by atoms with E-state index in [1.165, 1.54) is 19.8 Å². The number of rotatable bonds is 5. The van der Waals surface area contributed by atoms with Crippen molar-refractivity contribution in [3.63, 3.8) is 0 Å². The highest BCUT2D eigenvalue weighted by molar-refractivity contribution is 5.94. The number of aliphatic hydroxyl groups is 2. The van der Waals surface area contributed by atoms with Crippen LogP contribution in [0.1, 0.15) is 16.6 Å². The highest BCUT2D eigenvalue weighted by Gasteiger charge is 2.45. The van der Waals surface area contributed by atoms with Gasteiger partial charge in [0.15, 0.2) is 17.7 Å². The molecular weight excluding hydrogens is 380 g/mol. The van der Waals surface area contributed by atoms with Gasteiger partial charge in [-0.15, -0.1) is 0 Å². The monoisotopic (exact) mass is 400 g/mol. The molecule has 0 aliphatic carbocycles. The average Bonchev–Trinajstić information content (AvgIpc) is 3.30. The van der Waals surface area contributed by atoms with E-state index < -0.39 is 37.0 Å². The number of benzene rings is 1. The van der Waals surface area contributed by atoms with Gasteiger partial charge in [0.25, 0.3) is 5.91 Å². The van der Waals surface area contributed by atoms with E-state index in [0.29, 0.717) is 22.5 Å². The van der Waals surface area contributed by atoms with Crippen LogP contribution in [0.25, 0.3) is 11.2 Å². The molecule has 3 heterocycles. The summed E-state index contributed by atoms with van der Waals surface area (Å²) >= 11 is 0. The Labute approximate surface area is 165 Å². The van der Waals surface area contributed by atoms with Crippen molar-refractivity contribution >= 4 is 22.9 Å². The number of imidazole rings is 1. The SMILES string of the molecule is COc1cccc(C(=O)NC2C(O)C(CO)O[C@H]2n2cnc3c(N)ncnc32)c1. The molecular formula is C18H20N6O5. The minimum Gasteiger partial charge on any atom is -0.497 e. The third-order valence-corrected chi connectivity index (χ3v) is 4.84. The lowest BCUT2D eigenvalue weighted by Crippen LogP contribution is -2.46. The fraction of sp³-hybridized carbons (Fsp3) is 0.333. The molecule has 1 aliphatic heterocycles. The molecule has 11 heteroatoms. The van der Waals surface area contributed by atoms with Gasteiger partial charge in [-0.2, -0.15) is 0 Å². The van der Waals surface area contributed by atoms with Gasteiger partial charge in [0, 0.05) is 5.56 Å². The summed E-state index contributed by atoms with van der Waals surface area (Å²) in [5.41, 5.74) is 6.94. The summed E-state index contributed by atoms with van der Waals surface area (Å²) in [6.45, 7) is -0.424. The Morgan fingerprint density at radius 2 is 2.21 bits per heavy atom. The molecule has 1 fully saturated rings. The van der Waals surface area contributed by atoms with Crippen molar-refractivity contribution in [2.24, 2.45) is 0 Å². The van der Waals surface area contributed by atoms with E-state index in [4.69, 9.17) is 15.2 Å². The number of nitrogens with two attached hydrogens (primary N) is 1. The van der Waals surface area contributed by atoms with E-state index in [-0.39, 0.29) is 5.82 Å². The number of hydrogen-bond donors (Lipinski definition) is 4. The molecule has 2 aromatic heterocycles. The van der Waals surface area contributed by atoms with Crippen molar-refractivity contribution in [3.8, 4) is 5.75 Å². The van der Waals surface area contributed by atoms with Gasteiger partial charge in [0.05, 0.1) is 20.0 Å². The van der Waals surface area contributed by atoms with Gasteiger partial charge in [0.2, 0.25) is 0 Å². The zero-order valence-corrected chi connectivity index (χ0v) is 15.5. The fourth-order valence-corrected chi connectivity index (χ4v) is 3.35. The third-order valence-electron chi connectivity index (χ3n) is 4.84. The van der Waals surface area contributed by atoms with Gasteiger partial charge in [-0.1, -0.05) is 6.07 Å². The molecule has 3 unspecified atom stereocenters. The second kappa shape index (κ2) is 7.62. The molecule has 0 bridgehead atoms. The predicted molar refractivity (Wildman–Crippen MR) is 101 cm³/mol. The molecule has 4 rings (SSSR count). The number of carbonyl (C=O) groups is 1. The Balaban J connectivity index is 1.67. The molecule has 1 saturated heterocycles. The molecule has 4 atom stereocenters. The molecule has 152 valence electrons. The van der Waals surface area contributed by atoms with Crippen molar-refractivity contribution in [2.45, 2.75) is 24.5 Å². The first-order chi connectivity index (χ1) is 14.0. The lowest BCUT2D eigenvalue weighted by molar-refractivity contribution is -0.0440. The number of aliphatic hydroxyl groups excluding tert-OH is 2. The summed E-state index contributed by atoms with van der Waals surface area (Å²) in [4.78, 5) is 25.0. The molecule has 1 aliphatic rings. The molecule has 29 heavy (non-hydrogen) atoms. The summed E-state index contributed by atoms with van der Waals surface area (Å²) < 4.78 is 12.5. The maximum absolute atomic E-state index is 12.8. The van der Waals surface area contributed by atoms with Crippen LogP contribution in [-0.4, -0.2) is 67.6 Å². The molecule has 5 N–H and O–H groups in total. The zero-order chi connectivity index (χ0) is 20.5. The first kappa shape index (κ1) is 19.1. The first-order valence-corrected chi connectivity index (χ1v) is 8.85. The Hall–Kier alpha value is -3.28. The normalized spacial score (nSPS) is 24.0. The van der Waals surface area contributed by atoms with Crippen LogP contribution in [0, 0.1) is 0 Å². The quantitative estimate of drug-likeness (QED) is 0.442. The highest BCUT2D eigenvalue weighted by Crippen LogP contribution is 2.32. The number of nitrogens with zero attached hydrogens (tertiary/aromatic N) is 4. The first-order valence-electron chi connectivity index (χ1n) is 8.85. The summed E-state index contributed by atoms with van der Waals surface area (Å²) in [7, 11) is 1.51. The maximum atomic E-state index is 12.8. The van der Waals surface area contributed by atoms with Crippen molar-refractivity contribution in [2.75, 3.05) is 19.5 Å². The number of nitrogens with one attached hydrogen (secondary N) is 1. The van der Waals surface area contributed by atoms with Gasteiger partial charge in [-0.05, 0) is 18.2 Å². The molecule has 0 saturated carbocycles. The minimum absolute atomic E-state index is 0.197. The van der Waals surface area contributed by atoms with Gasteiger partial charge in [-0.3, -0.25) is 9.36 Å². The molecule has 0 spiro atoms. The number of carbonyl (C=O) groups excluding carboxylic acids is 1. The van der Waals surface area contributed by atoms with Gasteiger partial charge >= 0.3 is 0 Å². The van der Waals surface area contributed by atoms with Crippen LogP contribution in [-0.2, 0) is 4.74 Å². The third kappa shape index (κ3) is 3.35. The van der Waals surface area contributed by atoms with E-state index in [2.05, 4.69) is 20.3 Å². The number of amides is 1. The summed E-state index contributed by atoms with van der Waals surface area (Å²) in [5.74, 6) is 0.292. The molecule has 11 nitrogen and oxygen atoms in total. The fourth-order valence-electron chi connectivity index (χ4n) is 3.35. The van der Waals surface area contributed by atoms with Gasteiger partial charge in [0.1, 0.15) is 35.8 Å². The second-order valence-electron chi connectivity index (χ2n) is 6.55. The zero-order valence-electron chi connectivity index (χ0n) is 15.5. The molecule has 3 aromatic rings. The van der Waals surface area contributed by atoms with Crippen molar-refractivity contribution in [1.29, 1.82) is 0 Å². The summed E-state index contributed by atoms with van der Waals surface area (Å²) in [6.07, 6.45) is -0.189. The van der Waals surface area contributed by atoms with Crippen molar-refractivity contribution in [3.05, 3.63) is 42.5 Å². The lowest BCUT2D eigenvalue weighted by atomic mass is 10.1. The number of aromatic nitrogens is 4. The highest BCUT2D eigenvalue weighted by atomic mass is 16.5. The number of methoxy groups -OCH3 is 1. The van der Waals surface area contributed by atoms with Crippen LogP contribution in [0.15, 0.2) is 36.9 Å². The standard InChI is InChI=1S/C18H20N6O5/c1-28-10-4-2-3-9(5-10)17(27)23-12-14(26)11(6-25)29-18(12)24-8-22-13-15(19)20-7-21-16(13)24/h2-5,7-8,11-12,14,18,25-26H,6H2,1H3,(H,23,27)(H2,19,20,21)/t11?,12?,14?,18-/m1/s1. The molecule has 1 aromatic carbocycles. The van der Waals surface area contributed by atoms with Crippen LogP contribution in [0.3, 0.4) is 0 Å². The van der Waals surface area contributed by atoms with E-state index in [9.17, 15) is 15.0 Å². The van der Waals surface area contributed by atoms with Crippen LogP contribution in [0.4, 0.5) is 5.82 Å². The van der Waals surface area contributed by atoms with Gasteiger partial charge in [-0.25, -0.2) is 15.0 Å². The Morgan fingerprint density at radius 3 is 2.97 bits per heavy atom. The molecule has 1 amide bonds. The largest absolute Gasteiger partial charge is 0.497 e. The lowest BCUT2D eigenvalue weighted by Gasteiger charge is -2.23. The predicted octanol–water partition coefficient (Wildman–Crippen LogP) is -0.534. The number of ether oxygens (including phenoxy) is 2. The van der Waals surface area contributed by atoms with Crippen LogP contribution < -0.4 is 15.8 Å². The van der Waals surface area contributed by atoms with Crippen molar-refractivity contribution < 1.29 is 24.5 Å². The Kier molecular flexibility index (Phi) is 5.01. The van der Waals surface area contributed by atoms with E-state index in [1.807, 2.05) is 0 Å². The topological polar surface area (TPSA) is 158 Å². The minimum atomic E-state index is -1.16. The number of anilines is 1. The summed E-state index contributed by atoms with van der Waals surface area (Å²) in [6, 6.07) is 5.73. The van der Waals surface area contributed by atoms with E-state index in [0.717, 1.165) is 0 Å². The Bertz CT molecular complexity index is 1040. The Morgan fingerprint density at radius 1 is 1.38 bits per heavy atom. The molecule has 0 radical (unpaired) electrons. The van der Waals surface area contributed by atoms with Gasteiger partial charge < -0.3 is 30.7 Å². The smallest absolute Gasteiger partial charge is 0.251 e. The van der Waals surface area contributed by atoms with Crippen molar-refractivity contribution in [1.82, 2.24) is 24.8 Å². The summed E-state index contributed by atoms with van der Waals surface area (Å²) in [5, 5.41) is 23.0. The van der Waals surface area contributed by atoms with Crippen LogP contribution in [0.5, 0.6) is 5.75 Å².